The molecule has 0 aromatic heterocycles. The predicted octanol–water partition coefficient (Wildman–Crippen LogP) is 5.72. The van der Waals surface area contributed by atoms with Crippen molar-refractivity contribution in [1.82, 2.24) is 0 Å². The van der Waals surface area contributed by atoms with Crippen LogP contribution in [-0.4, -0.2) is 0 Å². The van der Waals surface area contributed by atoms with Crippen molar-refractivity contribution in [1.29, 1.82) is 0 Å². The molecule has 0 bridgehead atoms. The highest BCUT2D eigenvalue weighted by Gasteiger charge is 2.09. The zero-order chi connectivity index (χ0) is 13.7. The lowest BCUT2D eigenvalue weighted by Gasteiger charge is -2.17. The van der Waals surface area contributed by atoms with Crippen LogP contribution in [0.1, 0.15) is 39.2 Å². The van der Waals surface area contributed by atoms with Gasteiger partial charge in [0, 0.05) is 0 Å². The Bertz CT molecular complexity index is 486. The van der Waals surface area contributed by atoms with Gasteiger partial charge >= 0.3 is 0 Å². The molecule has 0 fully saturated rings. The van der Waals surface area contributed by atoms with Crippen LogP contribution in [0.4, 0.5) is 0 Å². The third-order valence-electron chi connectivity index (χ3n) is 3.45. The van der Waals surface area contributed by atoms with Gasteiger partial charge in [-0.2, -0.15) is 0 Å². The molecular weight excluding hydrogens is 228 g/mol. The first-order valence-electron chi connectivity index (χ1n) is 7.19. The summed E-state index contributed by atoms with van der Waals surface area (Å²) in [5, 5.41) is 0. The van der Waals surface area contributed by atoms with Crippen LogP contribution in [0.25, 0.3) is 11.1 Å². The number of benzene rings is 2. The highest BCUT2D eigenvalue weighted by molar-refractivity contribution is 5.63. The summed E-state index contributed by atoms with van der Waals surface area (Å²) in [6.07, 6.45) is 3.74. The Kier molecular flexibility index (Phi) is 4.42. The van der Waals surface area contributed by atoms with Gasteiger partial charge < -0.3 is 0 Å². The molecule has 0 aliphatic heterocycles. The third-order valence-corrected chi connectivity index (χ3v) is 3.45. The summed E-state index contributed by atoms with van der Waals surface area (Å²) in [6, 6.07) is 19.6. The van der Waals surface area contributed by atoms with E-state index >= 15 is 0 Å². The van der Waals surface area contributed by atoms with Crippen LogP contribution in [0.5, 0.6) is 0 Å². The van der Waals surface area contributed by atoms with E-state index in [0.717, 1.165) is 0 Å². The monoisotopic (exact) mass is 252 g/mol. The molecule has 19 heavy (non-hydrogen) atoms. The second-order valence-corrected chi connectivity index (χ2v) is 6.48. The quantitative estimate of drug-likeness (QED) is 0.652. The molecule has 0 atom stereocenters. The van der Waals surface area contributed by atoms with Gasteiger partial charge in [-0.25, -0.2) is 0 Å². The minimum Gasteiger partial charge on any atom is -0.0622 e. The molecule has 0 heterocycles. The van der Waals surface area contributed by atoms with Gasteiger partial charge in [-0.3, -0.25) is 0 Å². The summed E-state index contributed by atoms with van der Waals surface area (Å²) in [5.74, 6) is 0. The van der Waals surface area contributed by atoms with E-state index in [1.807, 2.05) is 0 Å². The Morgan fingerprint density at radius 1 is 0.737 bits per heavy atom. The van der Waals surface area contributed by atoms with Crippen LogP contribution >= 0.6 is 0 Å². The lowest BCUT2D eigenvalue weighted by molar-refractivity contribution is 0.365. The molecule has 2 aromatic carbocycles. The fraction of sp³-hybridized carbons (Fsp3) is 0.368. The van der Waals surface area contributed by atoms with Crippen LogP contribution in [0.2, 0.25) is 0 Å². The maximum absolute atomic E-state index is 2.31. The molecule has 2 aromatic rings. The van der Waals surface area contributed by atoms with Crippen LogP contribution in [-0.2, 0) is 6.42 Å². The van der Waals surface area contributed by atoms with E-state index in [1.165, 1.54) is 36.0 Å². The zero-order valence-corrected chi connectivity index (χ0v) is 12.3. The van der Waals surface area contributed by atoms with E-state index in [1.54, 1.807) is 0 Å². The maximum atomic E-state index is 2.31. The lowest BCUT2D eigenvalue weighted by atomic mass is 9.89. The number of aryl methyl sites for hydroxylation is 1. The standard InChI is InChI=1S/C19H24/c1-19(2,3)15-7-8-16-11-13-18(14-12-16)17-9-5-4-6-10-17/h4-6,9-14H,7-8,15H2,1-3H3. The minimum absolute atomic E-state index is 0.448. The van der Waals surface area contributed by atoms with Gasteiger partial charge in [-0.15, -0.1) is 0 Å². The second-order valence-electron chi connectivity index (χ2n) is 6.48. The molecule has 100 valence electrons. The van der Waals surface area contributed by atoms with Crippen molar-refractivity contribution in [3.63, 3.8) is 0 Å². The first-order valence-corrected chi connectivity index (χ1v) is 7.19. The van der Waals surface area contributed by atoms with Gasteiger partial charge in [-0.1, -0.05) is 75.4 Å². The van der Waals surface area contributed by atoms with E-state index in [9.17, 15) is 0 Å². The fourth-order valence-electron chi connectivity index (χ4n) is 2.32. The van der Waals surface area contributed by atoms with Crippen molar-refractivity contribution < 1.29 is 0 Å². The number of hydrogen-bond acceptors (Lipinski definition) is 0. The SMILES string of the molecule is CC(C)(C)CCCc1ccc(-c2ccccc2)cc1. The van der Waals surface area contributed by atoms with Crippen LogP contribution in [0.3, 0.4) is 0 Å². The van der Waals surface area contributed by atoms with E-state index < -0.39 is 0 Å². The highest BCUT2D eigenvalue weighted by Crippen LogP contribution is 2.23. The fourth-order valence-corrected chi connectivity index (χ4v) is 2.32. The van der Waals surface area contributed by atoms with Crippen molar-refractivity contribution >= 4 is 0 Å². The number of rotatable bonds is 4. The van der Waals surface area contributed by atoms with Gasteiger partial charge in [0.1, 0.15) is 0 Å². The molecule has 0 aliphatic rings. The first kappa shape index (κ1) is 13.9. The van der Waals surface area contributed by atoms with Gasteiger partial charge in [-0.05, 0) is 41.4 Å². The molecule has 0 saturated carbocycles. The van der Waals surface area contributed by atoms with Crippen molar-refractivity contribution in [3.8, 4) is 11.1 Å². The second kappa shape index (κ2) is 6.06. The van der Waals surface area contributed by atoms with Crippen molar-refractivity contribution in [2.24, 2.45) is 5.41 Å². The van der Waals surface area contributed by atoms with E-state index in [0.29, 0.717) is 5.41 Å². The summed E-state index contributed by atoms with van der Waals surface area (Å²) >= 11 is 0. The first-order chi connectivity index (χ1) is 9.04. The Hall–Kier alpha value is -1.56. The summed E-state index contributed by atoms with van der Waals surface area (Å²) in [5.41, 5.74) is 4.50. The largest absolute Gasteiger partial charge is 0.0622 e. The molecule has 0 amide bonds. The average Bonchev–Trinajstić information content (AvgIpc) is 2.39. The Labute approximate surface area is 117 Å². The molecule has 2 rings (SSSR count). The highest BCUT2D eigenvalue weighted by atomic mass is 14.1. The summed E-state index contributed by atoms with van der Waals surface area (Å²) < 4.78 is 0. The minimum atomic E-state index is 0.448. The van der Waals surface area contributed by atoms with Crippen molar-refractivity contribution in [2.75, 3.05) is 0 Å². The Morgan fingerprint density at radius 3 is 1.89 bits per heavy atom. The van der Waals surface area contributed by atoms with Gasteiger partial charge in [0.05, 0.1) is 0 Å². The van der Waals surface area contributed by atoms with Gasteiger partial charge in [0.15, 0.2) is 0 Å². The molecule has 0 heteroatoms. The van der Waals surface area contributed by atoms with Crippen molar-refractivity contribution in [3.05, 3.63) is 60.2 Å². The zero-order valence-electron chi connectivity index (χ0n) is 12.3. The number of hydrogen-bond donors (Lipinski definition) is 0. The molecule has 0 radical (unpaired) electrons. The molecule has 0 spiro atoms. The molecule has 0 N–H and O–H groups in total. The van der Waals surface area contributed by atoms with E-state index in [2.05, 4.69) is 75.4 Å². The summed E-state index contributed by atoms with van der Waals surface area (Å²) in [6.45, 7) is 6.93. The average molecular weight is 252 g/mol. The topological polar surface area (TPSA) is 0 Å². The lowest BCUT2D eigenvalue weighted by Crippen LogP contribution is -2.04. The summed E-state index contributed by atoms with van der Waals surface area (Å²) in [7, 11) is 0. The van der Waals surface area contributed by atoms with E-state index in [-0.39, 0.29) is 0 Å². The Balaban J connectivity index is 1.96. The van der Waals surface area contributed by atoms with E-state index in [4.69, 9.17) is 0 Å². The molecule has 0 nitrogen and oxygen atoms in total. The third kappa shape index (κ3) is 4.55. The Morgan fingerprint density at radius 2 is 1.32 bits per heavy atom. The van der Waals surface area contributed by atoms with Crippen LogP contribution < -0.4 is 0 Å². The normalized spacial score (nSPS) is 11.5. The smallest absolute Gasteiger partial charge is 0.0184 e. The van der Waals surface area contributed by atoms with Crippen LogP contribution in [0.15, 0.2) is 54.6 Å². The van der Waals surface area contributed by atoms with Gasteiger partial charge in [0.2, 0.25) is 0 Å². The van der Waals surface area contributed by atoms with Crippen LogP contribution in [0, 0.1) is 5.41 Å². The van der Waals surface area contributed by atoms with Crippen molar-refractivity contribution in [2.45, 2.75) is 40.0 Å². The summed E-state index contributed by atoms with van der Waals surface area (Å²) in [4.78, 5) is 0. The molecule has 0 unspecified atom stereocenters. The molecule has 0 aliphatic carbocycles. The van der Waals surface area contributed by atoms with Gasteiger partial charge in [0.25, 0.3) is 0 Å². The predicted molar refractivity (Wildman–Crippen MR) is 84.3 cm³/mol. The molecule has 0 saturated heterocycles. The molecular formula is C19H24. The maximum Gasteiger partial charge on any atom is -0.0184 e.